The molecule has 0 radical (unpaired) electrons. The lowest BCUT2D eigenvalue weighted by molar-refractivity contribution is 0.0491. The summed E-state index contributed by atoms with van der Waals surface area (Å²) >= 11 is 0. The van der Waals surface area contributed by atoms with Gasteiger partial charge in [-0.05, 0) is 56.8 Å². The van der Waals surface area contributed by atoms with Crippen molar-refractivity contribution in [1.82, 2.24) is 5.32 Å². The van der Waals surface area contributed by atoms with E-state index in [4.69, 9.17) is 4.74 Å². The van der Waals surface area contributed by atoms with Crippen molar-refractivity contribution in [2.45, 2.75) is 25.7 Å². The molecule has 0 aromatic heterocycles. The molecule has 1 aromatic carbocycles. The standard InChI is InChI=1S/C15H21NO2/c17-15(14-6-2-1-3-7-14)18-12-4-5-13-8-10-16-11-9-13/h1-3,6-7,13,16H,4-5,8-12H2. The zero-order valence-corrected chi connectivity index (χ0v) is 10.7. The maximum atomic E-state index is 11.7. The van der Waals surface area contributed by atoms with Gasteiger partial charge in [0.05, 0.1) is 12.2 Å². The van der Waals surface area contributed by atoms with Gasteiger partial charge in [-0.15, -0.1) is 0 Å². The predicted octanol–water partition coefficient (Wildman–Crippen LogP) is 2.62. The molecule has 0 atom stereocenters. The second-order valence-electron chi connectivity index (χ2n) is 4.84. The molecule has 0 saturated carbocycles. The van der Waals surface area contributed by atoms with Gasteiger partial charge >= 0.3 is 5.97 Å². The van der Waals surface area contributed by atoms with Crippen LogP contribution >= 0.6 is 0 Å². The van der Waals surface area contributed by atoms with Crippen molar-refractivity contribution >= 4 is 5.97 Å². The summed E-state index contributed by atoms with van der Waals surface area (Å²) in [4.78, 5) is 11.7. The Bertz CT molecular complexity index is 358. The van der Waals surface area contributed by atoms with Gasteiger partial charge in [-0.2, -0.15) is 0 Å². The molecule has 1 N–H and O–H groups in total. The number of carbonyl (C=O) groups is 1. The fraction of sp³-hybridized carbons (Fsp3) is 0.533. The molecule has 1 aliphatic rings. The molecule has 3 nitrogen and oxygen atoms in total. The minimum atomic E-state index is -0.207. The molecular weight excluding hydrogens is 226 g/mol. The summed E-state index contributed by atoms with van der Waals surface area (Å²) in [5.41, 5.74) is 0.638. The molecule has 0 spiro atoms. The van der Waals surface area contributed by atoms with Crippen molar-refractivity contribution in [2.24, 2.45) is 5.92 Å². The zero-order valence-electron chi connectivity index (χ0n) is 10.7. The highest BCUT2D eigenvalue weighted by Gasteiger charge is 2.12. The molecule has 0 unspecified atom stereocenters. The quantitative estimate of drug-likeness (QED) is 0.642. The monoisotopic (exact) mass is 247 g/mol. The van der Waals surface area contributed by atoms with Crippen LogP contribution in [0.1, 0.15) is 36.0 Å². The van der Waals surface area contributed by atoms with Gasteiger partial charge in [0, 0.05) is 0 Å². The summed E-state index contributed by atoms with van der Waals surface area (Å²) in [5.74, 6) is 0.600. The van der Waals surface area contributed by atoms with Crippen molar-refractivity contribution in [2.75, 3.05) is 19.7 Å². The molecular formula is C15H21NO2. The Morgan fingerprint density at radius 2 is 1.94 bits per heavy atom. The van der Waals surface area contributed by atoms with E-state index < -0.39 is 0 Å². The SMILES string of the molecule is O=C(OCCCC1CCNCC1)c1ccccc1. The van der Waals surface area contributed by atoms with E-state index in [1.54, 1.807) is 12.1 Å². The van der Waals surface area contributed by atoms with Gasteiger partial charge in [-0.3, -0.25) is 0 Å². The molecule has 18 heavy (non-hydrogen) atoms. The highest BCUT2D eigenvalue weighted by atomic mass is 16.5. The number of ether oxygens (including phenoxy) is 1. The van der Waals surface area contributed by atoms with Crippen LogP contribution < -0.4 is 5.32 Å². The summed E-state index contributed by atoms with van der Waals surface area (Å²) in [6.45, 7) is 2.81. The van der Waals surface area contributed by atoms with Crippen LogP contribution in [0.5, 0.6) is 0 Å². The molecule has 1 saturated heterocycles. The fourth-order valence-electron chi connectivity index (χ4n) is 2.36. The Labute approximate surface area is 109 Å². The van der Waals surface area contributed by atoms with E-state index in [0.29, 0.717) is 12.2 Å². The first-order valence-corrected chi connectivity index (χ1v) is 6.79. The van der Waals surface area contributed by atoms with Crippen LogP contribution in [0, 0.1) is 5.92 Å². The summed E-state index contributed by atoms with van der Waals surface area (Å²) in [7, 11) is 0. The lowest BCUT2D eigenvalue weighted by atomic mass is 9.93. The number of esters is 1. The highest BCUT2D eigenvalue weighted by molar-refractivity contribution is 5.89. The topological polar surface area (TPSA) is 38.3 Å². The molecule has 1 aliphatic heterocycles. The maximum Gasteiger partial charge on any atom is 0.338 e. The Kier molecular flexibility index (Phi) is 5.21. The number of benzene rings is 1. The number of hydrogen-bond acceptors (Lipinski definition) is 3. The molecule has 3 heteroatoms. The molecule has 0 aliphatic carbocycles. The van der Waals surface area contributed by atoms with Gasteiger partial charge in [0.1, 0.15) is 0 Å². The highest BCUT2D eigenvalue weighted by Crippen LogP contribution is 2.17. The third kappa shape index (κ3) is 4.15. The number of rotatable bonds is 5. The van der Waals surface area contributed by atoms with Crippen LogP contribution in [0.2, 0.25) is 0 Å². The minimum absolute atomic E-state index is 0.207. The van der Waals surface area contributed by atoms with Crippen LogP contribution in [0.25, 0.3) is 0 Å². The van der Waals surface area contributed by atoms with Crippen molar-refractivity contribution in [1.29, 1.82) is 0 Å². The van der Waals surface area contributed by atoms with E-state index in [-0.39, 0.29) is 5.97 Å². The van der Waals surface area contributed by atoms with Crippen molar-refractivity contribution in [3.8, 4) is 0 Å². The summed E-state index contributed by atoms with van der Waals surface area (Å²) in [6, 6.07) is 9.18. The average Bonchev–Trinajstić information content (AvgIpc) is 2.45. The average molecular weight is 247 g/mol. The normalized spacial score (nSPS) is 16.4. The van der Waals surface area contributed by atoms with Crippen LogP contribution in [-0.2, 0) is 4.74 Å². The zero-order chi connectivity index (χ0) is 12.6. The first kappa shape index (κ1) is 13.1. The summed E-state index contributed by atoms with van der Waals surface area (Å²) in [6.07, 6.45) is 4.66. The number of nitrogens with one attached hydrogen (secondary N) is 1. The largest absolute Gasteiger partial charge is 0.462 e. The van der Waals surface area contributed by atoms with E-state index >= 15 is 0 Å². The molecule has 98 valence electrons. The third-order valence-corrected chi connectivity index (χ3v) is 3.46. The van der Waals surface area contributed by atoms with E-state index in [0.717, 1.165) is 25.4 Å². The summed E-state index contributed by atoms with van der Waals surface area (Å²) in [5, 5.41) is 3.36. The Hall–Kier alpha value is -1.35. The van der Waals surface area contributed by atoms with Crippen LogP contribution in [0.3, 0.4) is 0 Å². The molecule has 1 aromatic rings. The first-order valence-electron chi connectivity index (χ1n) is 6.79. The van der Waals surface area contributed by atoms with Gasteiger partial charge in [-0.1, -0.05) is 18.2 Å². The number of piperidine rings is 1. The smallest absolute Gasteiger partial charge is 0.338 e. The lowest BCUT2D eigenvalue weighted by Crippen LogP contribution is -2.27. The molecule has 0 amide bonds. The van der Waals surface area contributed by atoms with Crippen molar-refractivity contribution in [3.05, 3.63) is 35.9 Å². The fourth-order valence-corrected chi connectivity index (χ4v) is 2.36. The number of carbonyl (C=O) groups excluding carboxylic acids is 1. The summed E-state index contributed by atoms with van der Waals surface area (Å²) < 4.78 is 5.26. The van der Waals surface area contributed by atoms with Gasteiger partial charge in [-0.25, -0.2) is 4.79 Å². The molecule has 1 heterocycles. The molecule has 0 bridgehead atoms. The molecule has 1 fully saturated rings. The van der Waals surface area contributed by atoms with Gasteiger partial charge in [0.15, 0.2) is 0 Å². The van der Waals surface area contributed by atoms with Crippen molar-refractivity contribution < 1.29 is 9.53 Å². The van der Waals surface area contributed by atoms with E-state index in [1.165, 1.54) is 19.3 Å². The molecule has 2 rings (SSSR count). The van der Waals surface area contributed by atoms with Crippen molar-refractivity contribution in [3.63, 3.8) is 0 Å². The Balaban J connectivity index is 1.62. The van der Waals surface area contributed by atoms with Crippen LogP contribution in [0.15, 0.2) is 30.3 Å². The van der Waals surface area contributed by atoms with E-state index in [1.807, 2.05) is 18.2 Å². The second-order valence-corrected chi connectivity index (χ2v) is 4.84. The minimum Gasteiger partial charge on any atom is -0.462 e. The lowest BCUT2D eigenvalue weighted by Gasteiger charge is -2.22. The maximum absolute atomic E-state index is 11.7. The van der Waals surface area contributed by atoms with Gasteiger partial charge < -0.3 is 10.1 Å². The van der Waals surface area contributed by atoms with Crippen LogP contribution in [-0.4, -0.2) is 25.7 Å². The Morgan fingerprint density at radius 1 is 1.22 bits per heavy atom. The van der Waals surface area contributed by atoms with E-state index in [2.05, 4.69) is 5.32 Å². The van der Waals surface area contributed by atoms with E-state index in [9.17, 15) is 4.79 Å². The second kappa shape index (κ2) is 7.17. The van der Waals surface area contributed by atoms with Crippen LogP contribution in [0.4, 0.5) is 0 Å². The van der Waals surface area contributed by atoms with Gasteiger partial charge in [0.2, 0.25) is 0 Å². The Morgan fingerprint density at radius 3 is 2.67 bits per heavy atom. The predicted molar refractivity (Wildman–Crippen MR) is 71.6 cm³/mol. The van der Waals surface area contributed by atoms with Gasteiger partial charge in [0.25, 0.3) is 0 Å². The third-order valence-electron chi connectivity index (χ3n) is 3.46. The number of hydrogen-bond donors (Lipinski definition) is 1. The first-order chi connectivity index (χ1) is 8.86.